The number of carbonyl (C=O) groups is 2. The molecule has 0 amide bonds. The van der Waals surface area contributed by atoms with Gasteiger partial charge in [-0.15, -0.1) is 0 Å². The second-order valence-electron chi connectivity index (χ2n) is 3.93. The Labute approximate surface area is 91.1 Å². The average Bonchev–Trinajstić information content (AvgIpc) is 2.00. The van der Waals surface area contributed by atoms with Crippen LogP contribution in [0.5, 0.6) is 0 Å². The standard InChI is InChI=1S/2C2H2F2O2.3CH3.Sb/c2*3-1(4)2(5)6;;;;/h2*1H,(H,5,6);3*1H3;/q;;;;;+2/p-2. The van der Waals surface area contributed by atoms with E-state index in [1.807, 2.05) is 0 Å². The van der Waals surface area contributed by atoms with Crippen molar-refractivity contribution in [2.24, 2.45) is 0 Å². The third-order valence-electron chi connectivity index (χ3n) is 1.16. The van der Waals surface area contributed by atoms with Crippen molar-refractivity contribution in [3.05, 3.63) is 0 Å². The Hall–Kier alpha value is -0.522. The Kier molecular flexibility index (Phi) is 4.62. The van der Waals surface area contributed by atoms with Gasteiger partial charge in [0.1, 0.15) is 0 Å². The van der Waals surface area contributed by atoms with Gasteiger partial charge in [-0.25, -0.2) is 0 Å². The molecule has 0 heterocycles. The summed E-state index contributed by atoms with van der Waals surface area (Å²) in [5.74, 6) is -3.76. The molecule has 0 radical (unpaired) electrons. The molecule has 0 spiro atoms. The van der Waals surface area contributed by atoms with Gasteiger partial charge in [0.25, 0.3) is 0 Å². The van der Waals surface area contributed by atoms with Crippen LogP contribution in [0.15, 0.2) is 0 Å². The average molecular weight is 357 g/mol. The van der Waals surface area contributed by atoms with Gasteiger partial charge >= 0.3 is 90.8 Å². The maximum atomic E-state index is 11.9. The van der Waals surface area contributed by atoms with Gasteiger partial charge in [0.05, 0.1) is 0 Å². The molecule has 96 valence electrons. The molecule has 0 aromatic carbocycles. The summed E-state index contributed by atoms with van der Waals surface area (Å²) in [6.45, 7) is 0. The SMILES string of the molecule is [CH3][Sb]([CH3])([CH3])([O]C(=O)C(F)F)[O]C(=O)C(F)F. The molecule has 0 unspecified atom stereocenters. The van der Waals surface area contributed by atoms with Crippen molar-refractivity contribution in [2.45, 2.75) is 27.5 Å². The second kappa shape index (κ2) is 4.77. The summed E-state index contributed by atoms with van der Waals surface area (Å²) in [6, 6.07) is 0. The van der Waals surface area contributed by atoms with Gasteiger partial charge in [0, 0.05) is 0 Å². The molecule has 0 saturated carbocycles. The number of rotatable bonds is 4. The van der Waals surface area contributed by atoms with Crippen molar-refractivity contribution in [1.82, 2.24) is 0 Å². The van der Waals surface area contributed by atoms with Gasteiger partial charge in [-0.05, 0) is 0 Å². The molecule has 0 fully saturated rings. The molecule has 0 atom stereocenters. The summed E-state index contributed by atoms with van der Waals surface area (Å²) in [6.07, 6.45) is -6.79. The van der Waals surface area contributed by atoms with Crippen LogP contribution in [0.25, 0.3) is 0 Å². The minimum absolute atomic E-state index is 1.10. The summed E-state index contributed by atoms with van der Waals surface area (Å²) in [7, 11) is 0. The fourth-order valence-electron chi connectivity index (χ4n) is 0.712. The van der Waals surface area contributed by atoms with E-state index in [0.717, 1.165) is 14.6 Å². The van der Waals surface area contributed by atoms with Crippen LogP contribution in [0.2, 0.25) is 14.6 Å². The molecule has 0 aromatic heterocycles. The van der Waals surface area contributed by atoms with E-state index in [2.05, 4.69) is 6.03 Å². The molecule has 0 rings (SSSR count). The Morgan fingerprint density at radius 2 is 1.12 bits per heavy atom. The van der Waals surface area contributed by atoms with Gasteiger partial charge in [-0.2, -0.15) is 0 Å². The summed E-state index contributed by atoms with van der Waals surface area (Å²) in [5, 5.41) is 0. The maximum absolute atomic E-state index is 11.9. The molecule has 0 bridgehead atoms. The van der Waals surface area contributed by atoms with E-state index in [1.165, 1.54) is 0 Å². The fraction of sp³-hybridized carbons (Fsp3) is 0.714. The molecule has 0 N–H and O–H groups in total. The first-order chi connectivity index (χ1) is 6.92. The third-order valence-corrected chi connectivity index (χ3v) is 5.74. The van der Waals surface area contributed by atoms with E-state index >= 15 is 0 Å². The van der Waals surface area contributed by atoms with Gasteiger partial charge < -0.3 is 0 Å². The van der Waals surface area contributed by atoms with E-state index in [-0.39, 0.29) is 0 Å². The number of alkyl halides is 4. The minimum atomic E-state index is -4.90. The van der Waals surface area contributed by atoms with Crippen LogP contribution in [-0.2, 0) is 15.6 Å². The van der Waals surface area contributed by atoms with Crippen molar-refractivity contribution in [3.8, 4) is 0 Å². The summed E-state index contributed by atoms with van der Waals surface area (Å²) < 4.78 is 56.3. The zero-order valence-electron chi connectivity index (χ0n) is 8.75. The molecule has 9 heteroatoms. The van der Waals surface area contributed by atoms with Crippen LogP contribution < -0.4 is 0 Å². The van der Waals surface area contributed by atoms with E-state index in [0.29, 0.717) is 0 Å². The Morgan fingerprint density at radius 1 is 0.875 bits per heavy atom. The van der Waals surface area contributed by atoms with Crippen LogP contribution in [0, 0.1) is 0 Å². The van der Waals surface area contributed by atoms with E-state index < -0.39 is 43.0 Å². The third kappa shape index (κ3) is 5.53. The topological polar surface area (TPSA) is 52.6 Å². The first-order valence-corrected chi connectivity index (χ1v) is 13.7. The molecule has 0 aliphatic heterocycles. The van der Waals surface area contributed by atoms with E-state index in [1.54, 1.807) is 0 Å². The molecule has 0 aromatic rings. The molecule has 0 aliphatic rings. The predicted molar refractivity (Wildman–Crippen MR) is 47.5 cm³/mol. The second-order valence-corrected chi connectivity index (χ2v) is 19.3. The zero-order valence-corrected chi connectivity index (χ0v) is 11.3. The predicted octanol–water partition coefficient (Wildman–Crippen LogP) is 1.89. The molecule has 0 aliphatic carbocycles. The molecule has 4 nitrogen and oxygen atoms in total. The van der Waals surface area contributed by atoms with Crippen molar-refractivity contribution in [1.29, 1.82) is 0 Å². The van der Waals surface area contributed by atoms with E-state index in [4.69, 9.17) is 0 Å². The summed E-state index contributed by atoms with van der Waals surface area (Å²) in [4.78, 5) is 24.5. The van der Waals surface area contributed by atoms with Crippen LogP contribution in [0.3, 0.4) is 0 Å². The van der Waals surface area contributed by atoms with Crippen molar-refractivity contribution in [2.75, 3.05) is 0 Å². The van der Waals surface area contributed by atoms with Crippen LogP contribution in [0.4, 0.5) is 17.6 Å². The normalized spacial score (nSPS) is 14.4. The number of hydrogen-bond acceptors (Lipinski definition) is 4. The monoisotopic (exact) mass is 356 g/mol. The van der Waals surface area contributed by atoms with Crippen LogP contribution in [0.1, 0.15) is 0 Å². The van der Waals surface area contributed by atoms with Gasteiger partial charge in [0.2, 0.25) is 0 Å². The van der Waals surface area contributed by atoms with Gasteiger partial charge in [-0.3, -0.25) is 0 Å². The molecule has 16 heavy (non-hydrogen) atoms. The zero-order chi connectivity index (χ0) is 13.2. The number of halogens is 4. The number of hydrogen-bond donors (Lipinski definition) is 0. The van der Waals surface area contributed by atoms with Crippen molar-refractivity contribution >= 4 is 30.2 Å². The quantitative estimate of drug-likeness (QED) is 0.570. The number of carbonyl (C=O) groups excluding carboxylic acids is 2. The first kappa shape index (κ1) is 15.5. The Morgan fingerprint density at radius 3 is 1.31 bits per heavy atom. The van der Waals surface area contributed by atoms with Crippen molar-refractivity contribution < 1.29 is 33.2 Å². The summed E-state index contributed by atoms with van der Waals surface area (Å²) in [5.41, 5.74) is 0. The fourth-order valence-corrected chi connectivity index (χ4v) is 4.77. The Bertz CT molecular complexity index is 270. The summed E-state index contributed by atoms with van der Waals surface area (Å²) >= 11 is -4.90. The van der Waals surface area contributed by atoms with E-state index in [9.17, 15) is 27.2 Å². The Balaban J connectivity index is 4.71. The molecule has 0 saturated heterocycles. The van der Waals surface area contributed by atoms with Crippen LogP contribution in [-0.4, -0.2) is 43.0 Å². The van der Waals surface area contributed by atoms with Gasteiger partial charge in [-0.1, -0.05) is 0 Å². The first-order valence-electron chi connectivity index (χ1n) is 3.97. The molecular weight excluding hydrogens is 346 g/mol. The van der Waals surface area contributed by atoms with Gasteiger partial charge in [0.15, 0.2) is 0 Å². The van der Waals surface area contributed by atoms with Crippen LogP contribution >= 0.6 is 0 Å². The van der Waals surface area contributed by atoms with Crippen molar-refractivity contribution in [3.63, 3.8) is 0 Å². The molecular formula is C7H11F4O4Sb.